The van der Waals surface area contributed by atoms with Crippen LogP contribution in [0.4, 0.5) is 13.2 Å². The number of hydrogen-bond acceptors (Lipinski definition) is 0. The number of rotatable bonds is 3. The van der Waals surface area contributed by atoms with Crippen molar-refractivity contribution in [2.45, 2.75) is 45.2 Å². The van der Waals surface area contributed by atoms with Gasteiger partial charge in [-0.2, -0.15) is 13.2 Å². The Bertz CT molecular complexity index is 133. The molecule has 0 heterocycles. The van der Waals surface area contributed by atoms with Crippen molar-refractivity contribution in [3.05, 3.63) is 0 Å². The smallest absolute Gasteiger partial charge is 0.171 e. The predicted octanol–water partition coefficient (Wildman–Crippen LogP) is 3.52. The molecule has 0 spiro atoms. The lowest BCUT2D eigenvalue weighted by Gasteiger charge is -2.18. The molecule has 0 N–H and O–H groups in total. The summed E-state index contributed by atoms with van der Waals surface area (Å²) in [5.74, 6) is 0. The maximum atomic E-state index is 12.2. The second kappa shape index (κ2) is 2.68. The molecular weight excluding hydrogens is 153 g/mol. The third kappa shape index (κ3) is 1.68. The minimum atomic E-state index is -3.94. The minimum Gasteiger partial charge on any atom is -0.171 e. The summed E-state index contributed by atoms with van der Waals surface area (Å²) in [5, 5.41) is 0. The monoisotopic (exact) mass is 166 g/mol. The van der Waals surface area contributed by atoms with Crippen LogP contribution < -0.4 is 0 Å². The molecule has 0 saturated heterocycles. The van der Waals surface area contributed by atoms with Gasteiger partial charge in [-0.3, -0.25) is 0 Å². The maximum absolute atomic E-state index is 12.2. The van der Waals surface area contributed by atoms with Gasteiger partial charge in [0.05, 0.1) is 5.41 Å². The van der Waals surface area contributed by atoms with Gasteiger partial charge in [-0.25, -0.2) is 0 Å². The van der Waals surface area contributed by atoms with Crippen LogP contribution in [0, 0.1) is 5.41 Å². The molecule has 0 atom stereocenters. The van der Waals surface area contributed by atoms with E-state index in [9.17, 15) is 13.2 Å². The van der Waals surface area contributed by atoms with Gasteiger partial charge in [0.25, 0.3) is 0 Å². The molecule has 0 nitrogen and oxygen atoms in total. The van der Waals surface area contributed by atoms with Gasteiger partial charge in [-0.1, -0.05) is 19.8 Å². The van der Waals surface area contributed by atoms with Gasteiger partial charge in [0.1, 0.15) is 0 Å². The van der Waals surface area contributed by atoms with Crippen molar-refractivity contribution < 1.29 is 13.2 Å². The van der Waals surface area contributed by atoms with E-state index in [1.807, 2.05) is 6.92 Å². The van der Waals surface area contributed by atoms with Crippen LogP contribution >= 0.6 is 0 Å². The van der Waals surface area contributed by atoms with Crippen molar-refractivity contribution in [2.75, 3.05) is 0 Å². The molecule has 11 heavy (non-hydrogen) atoms. The van der Waals surface area contributed by atoms with E-state index in [1.165, 1.54) is 0 Å². The van der Waals surface area contributed by atoms with E-state index in [2.05, 4.69) is 0 Å². The van der Waals surface area contributed by atoms with Crippen LogP contribution in [0.3, 0.4) is 0 Å². The van der Waals surface area contributed by atoms with Crippen molar-refractivity contribution in [1.82, 2.24) is 0 Å². The number of alkyl halides is 3. The molecule has 0 unspecified atom stereocenters. The van der Waals surface area contributed by atoms with E-state index in [0.29, 0.717) is 25.7 Å². The lowest BCUT2D eigenvalue weighted by atomic mass is 9.99. The van der Waals surface area contributed by atoms with Gasteiger partial charge in [0.2, 0.25) is 0 Å². The maximum Gasteiger partial charge on any atom is 0.394 e. The quantitative estimate of drug-likeness (QED) is 0.601. The van der Waals surface area contributed by atoms with Gasteiger partial charge in [-0.05, 0) is 19.3 Å². The third-order valence-electron chi connectivity index (χ3n) is 2.46. The highest BCUT2D eigenvalue weighted by molar-refractivity contribution is 4.98. The molecule has 1 saturated carbocycles. The molecule has 0 aromatic heterocycles. The number of hydrogen-bond donors (Lipinski definition) is 0. The average molecular weight is 166 g/mol. The molecular formula is C8H13F3. The summed E-state index contributed by atoms with van der Waals surface area (Å²) in [6, 6.07) is 0. The highest BCUT2D eigenvalue weighted by Gasteiger charge is 2.62. The lowest BCUT2D eigenvalue weighted by molar-refractivity contribution is -0.189. The fraction of sp³-hybridized carbons (Fsp3) is 1.00. The Hall–Kier alpha value is -0.210. The summed E-state index contributed by atoms with van der Waals surface area (Å²) in [6.07, 6.45) is -1.32. The van der Waals surface area contributed by atoms with E-state index in [-0.39, 0.29) is 0 Å². The summed E-state index contributed by atoms with van der Waals surface area (Å²) in [7, 11) is 0. The molecule has 0 aliphatic heterocycles. The lowest BCUT2D eigenvalue weighted by Crippen LogP contribution is -2.24. The van der Waals surface area contributed by atoms with Crippen molar-refractivity contribution >= 4 is 0 Å². The topological polar surface area (TPSA) is 0 Å². The van der Waals surface area contributed by atoms with Crippen molar-refractivity contribution in [1.29, 1.82) is 0 Å². The molecule has 66 valence electrons. The summed E-state index contributed by atoms with van der Waals surface area (Å²) in [6.45, 7) is 1.92. The van der Waals surface area contributed by atoms with Crippen LogP contribution in [0.1, 0.15) is 39.0 Å². The predicted molar refractivity (Wildman–Crippen MR) is 37.2 cm³/mol. The molecule has 1 aliphatic carbocycles. The summed E-state index contributed by atoms with van der Waals surface area (Å²) < 4.78 is 36.7. The highest BCUT2D eigenvalue weighted by Crippen LogP contribution is 2.60. The summed E-state index contributed by atoms with van der Waals surface area (Å²) >= 11 is 0. The zero-order chi connectivity index (χ0) is 8.54. The zero-order valence-electron chi connectivity index (χ0n) is 6.67. The first-order chi connectivity index (χ1) is 5.02. The molecule has 1 aliphatic rings. The van der Waals surface area contributed by atoms with Crippen molar-refractivity contribution in [3.63, 3.8) is 0 Å². The first-order valence-corrected chi connectivity index (χ1v) is 4.08. The standard InChI is InChI=1S/C8H13F3/c1-2-3-4-7(5-6-7)8(9,10)11/h2-6H2,1H3. The van der Waals surface area contributed by atoms with Gasteiger partial charge >= 0.3 is 6.18 Å². The van der Waals surface area contributed by atoms with Crippen LogP contribution in [0.2, 0.25) is 0 Å². The fourth-order valence-electron chi connectivity index (χ4n) is 1.34. The molecule has 0 radical (unpaired) electrons. The Kier molecular flexibility index (Phi) is 2.17. The van der Waals surface area contributed by atoms with Gasteiger partial charge < -0.3 is 0 Å². The second-order valence-corrected chi connectivity index (χ2v) is 3.38. The molecule has 0 aromatic carbocycles. The van der Waals surface area contributed by atoms with Crippen molar-refractivity contribution in [2.24, 2.45) is 5.41 Å². The van der Waals surface area contributed by atoms with E-state index >= 15 is 0 Å². The first kappa shape index (κ1) is 8.88. The zero-order valence-corrected chi connectivity index (χ0v) is 6.67. The van der Waals surface area contributed by atoms with Crippen LogP contribution in [0.5, 0.6) is 0 Å². The van der Waals surface area contributed by atoms with E-state index in [0.717, 1.165) is 6.42 Å². The Labute approximate surface area is 64.8 Å². The van der Waals surface area contributed by atoms with Gasteiger partial charge in [0.15, 0.2) is 0 Å². The van der Waals surface area contributed by atoms with Crippen LogP contribution in [0.25, 0.3) is 0 Å². The fourth-order valence-corrected chi connectivity index (χ4v) is 1.34. The molecule has 0 amide bonds. The number of unbranched alkanes of at least 4 members (excludes halogenated alkanes) is 1. The van der Waals surface area contributed by atoms with Crippen LogP contribution in [-0.2, 0) is 0 Å². The average Bonchev–Trinajstić information content (AvgIpc) is 2.61. The molecule has 0 aromatic rings. The summed E-state index contributed by atoms with van der Waals surface area (Å²) in [4.78, 5) is 0. The SMILES string of the molecule is CCCCC1(C(F)(F)F)CC1. The van der Waals surface area contributed by atoms with Gasteiger partial charge in [-0.15, -0.1) is 0 Å². The van der Waals surface area contributed by atoms with E-state index in [1.54, 1.807) is 0 Å². The molecule has 1 fully saturated rings. The van der Waals surface area contributed by atoms with E-state index in [4.69, 9.17) is 0 Å². The van der Waals surface area contributed by atoms with E-state index < -0.39 is 11.6 Å². The molecule has 3 heteroatoms. The minimum absolute atomic E-state index is 0.340. The van der Waals surface area contributed by atoms with Crippen molar-refractivity contribution in [3.8, 4) is 0 Å². The van der Waals surface area contributed by atoms with Crippen LogP contribution in [-0.4, -0.2) is 6.18 Å². The Morgan fingerprint density at radius 3 is 2.09 bits per heavy atom. The van der Waals surface area contributed by atoms with Crippen LogP contribution in [0.15, 0.2) is 0 Å². The Morgan fingerprint density at radius 2 is 1.82 bits per heavy atom. The summed E-state index contributed by atoms with van der Waals surface area (Å²) in [5.41, 5.74) is -1.26. The normalized spacial score (nSPS) is 21.8. The van der Waals surface area contributed by atoms with Gasteiger partial charge in [0, 0.05) is 0 Å². The third-order valence-corrected chi connectivity index (χ3v) is 2.46. The number of halogens is 3. The second-order valence-electron chi connectivity index (χ2n) is 3.38. The molecule has 1 rings (SSSR count). The first-order valence-electron chi connectivity index (χ1n) is 4.08. The highest BCUT2D eigenvalue weighted by atomic mass is 19.4. The Morgan fingerprint density at radius 1 is 1.27 bits per heavy atom. The molecule has 0 bridgehead atoms. The largest absolute Gasteiger partial charge is 0.394 e. The Balaban J connectivity index is 2.41.